The summed E-state index contributed by atoms with van der Waals surface area (Å²) in [4.78, 5) is 4.59. The molecule has 1 aromatic rings. The van der Waals surface area contributed by atoms with Crippen LogP contribution in [0.5, 0.6) is 0 Å². The highest BCUT2D eigenvalue weighted by atomic mass is 19.2. The van der Waals surface area contributed by atoms with E-state index < -0.39 is 41.3 Å². The van der Waals surface area contributed by atoms with E-state index in [-0.39, 0.29) is 0 Å². The summed E-state index contributed by atoms with van der Waals surface area (Å²) in [5.41, 5.74) is -1.03. The second-order valence-electron chi connectivity index (χ2n) is 4.81. The first-order chi connectivity index (χ1) is 10.5. The van der Waals surface area contributed by atoms with Gasteiger partial charge in [-0.15, -0.1) is 0 Å². The van der Waals surface area contributed by atoms with Gasteiger partial charge in [-0.1, -0.05) is 37.8 Å². The van der Waals surface area contributed by atoms with E-state index in [0.717, 1.165) is 32.1 Å². The van der Waals surface area contributed by atoms with Gasteiger partial charge in [0.2, 0.25) is 5.82 Å². The van der Waals surface area contributed by atoms with Gasteiger partial charge in [0.1, 0.15) is 6.61 Å². The first-order valence-electron chi connectivity index (χ1n) is 7.14. The minimum absolute atomic E-state index is 0.626. The Morgan fingerprint density at radius 1 is 0.818 bits per heavy atom. The Morgan fingerprint density at radius 3 is 1.95 bits per heavy atom. The molecule has 0 amide bonds. The molecule has 0 spiro atoms. The van der Waals surface area contributed by atoms with Crippen LogP contribution in [0.25, 0.3) is 0 Å². The van der Waals surface area contributed by atoms with Gasteiger partial charge in [-0.2, -0.15) is 0 Å². The molecule has 0 N–H and O–H groups in total. The molecule has 0 radical (unpaired) electrons. The van der Waals surface area contributed by atoms with Crippen LogP contribution in [0.2, 0.25) is 0 Å². The second kappa shape index (κ2) is 9.38. The Bertz CT molecular complexity index is 490. The van der Waals surface area contributed by atoms with Gasteiger partial charge in [-0.3, -0.25) is 0 Å². The number of hydrogen-bond acceptors (Lipinski definition) is 2. The van der Waals surface area contributed by atoms with E-state index in [1.807, 2.05) is 0 Å². The summed E-state index contributed by atoms with van der Waals surface area (Å²) >= 11 is 0. The molecular weight excluding hydrogens is 305 g/mol. The first kappa shape index (κ1) is 18.4. The monoisotopic (exact) mass is 323 g/mol. The molecule has 0 atom stereocenters. The van der Waals surface area contributed by atoms with Crippen LogP contribution in [0.4, 0.5) is 22.0 Å². The van der Waals surface area contributed by atoms with Crippen molar-refractivity contribution < 1.29 is 26.8 Å². The SMILES string of the molecule is CCCCCCCC=NOCc1c(F)c(F)c(F)c(F)c1F. The van der Waals surface area contributed by atoms with Gasteiger partial charge in [0, 0.05) is 6.21 Å². The maximum absolute atomic E-state index is 13.3. The third-order valence-corrected chi connectivity index (χ3v) is 3.10. The summed E-state index contributed by atoms with van der Waals surface area (Å²) in [5, 5.41) is 3.45. The zero-order valence-electron chi connectivity index (χ0n) is 12.3. The average Bonchev–Trinajstić information content (AvgIpc) is 2.52. The summed E-state index contributed by atoms with van der Waals surface area (Å²) in [6, 6.07) is 0. The van der Waals surface area contributed by atoms with Crippen LogP contribution in [0.1, 0.15) is 51.0 Å². The zero-order valence-corrected chi connectivity index (χ0v) is 12.3. The summed E-state index contributed by atoms with van der Waals surface area (Å²) in [6.45, 7) is 1.28. The zero-order chi connectivity index (χ0) is 16.5. The van der Waals surface area contributed by atoms with E-state index in [4.69, 9.17) is 0 Å². The summed E-state index contributed by atoms with van der Waals surface area (Å²) in [7, 11) is 0. The lowest BCUT2D eigenvalue weighted by atomic mass is 10.1. The first-order valence-corrected chi connectivity index (χ1v) is 7.14. The molecule has 0 heterocycles. The Morgan fingerprint density at radius 2 is 1.36 bits per heavy atom. The van der Waals surface area contributed by atoms with Crippen molar-refractivity contribution in [3.8, 4) is 0 Å². The highest BCUT2D eigenvalue weighted by Gasteiger charge is 2.25. The van der Waals surface area contributed by atoms with Gasteiger partial charge in [-0.05, 0) is 12.8 Å². The average molecular weight is 323 g/mol. The van der Waals surface area contributed by atoms with Crippen LogP contribution in [-0.4, -0.2) is 6.21 Å². The number of unbranched alkanes of at least 4 members (excludes halogenated alkanes) is 5. The standard InChI is InChI=1S/C15H18F5NO/c1-2-3-4-5-6-7-8-21-22-9-10-11(16)13(18)15(20)14(19)12(10)17/h8H,2-7,9H2,1H3. The van der Waals surface area contributed by atoms with E-state index in [1.165, 1.54) is 6.21 Å². The number of halogens is 5. The molecule has 0 aliphatic rings. The maximum Gasteiger partial charge on any atom is 0.200 e. The fraction of sp³-hybridized carbons (Fsp3) is 0.533. The van der Waals surface area contributed by atoms with Crippen LogP contribution in [0.3, 0.4) is 0 Å². The van der Waals surface area contributed by atoms with Crippen LogP contribution < -0.4 is 0 Å². The van der Waals surface area contributed by atoms with E-state index in [0.29, 0.717) is 6.42 Å². The lowest BCUT2D eigenvalue weighted by molar-refractivity contribution is 0.124. The highest BCUT2D eigenvalue weighted by Crippen LogP contribution is 2.23. The highest BCUT2D eigenvalue weighted by molar-refractivity contribution is 5.56. The predicted molar refractivity (Wildman–Crippen MR) is 72.9 cm³/mol. The summed E-state index contributed by atoms with van der Waals surface area (Å²) in [6.07, 6.45) is 7.40. The Labute approximate surface area is 126 Å². The van der Waals surface area contributed by atoms with Crippen LogP contribution >= 0.6 is 0 Å². The summed E-state index contributed by atoms with van der Waals surface area (Å²) in [5.74, 6) is -9.96. The van der Waals surface area contributed by atoms with Gasteiger partial charge in [0.05, 0.1) is 5.56 Å². The summed E-state index contributed by atoms with van der Waals surface area (Å²) < 4.78 is 65.3. The predicted octanol–water partition coefficient (Wildman–Crippen LogP) is 5.25. The molecule has 0 bridgehead atoms. The topological polar surface area (TPSA) is 21.6 Å². The van der Waals surface area contributed by atoms with Crippen LogP contribution in [0, 0.1) is 29.1 Å². The fourth-order valence-electron chi connectivity index (χ4n) is 1.82. The molecule has 0 saturated heterocycles. The van der Waals surface area contributed by atoms with Crippen LogP contribution in [-0.2, 0) is 11.4 Å². The molecular formula is C15H18F5NO. The van der Waals surface area contributed by atoms with E-state index in [9.17, 15) is 22.0 Å². The number of rotatable bonds is 9. The van der Waals surface area contributed by atoms with Crippen molar-refractivity contribution in [2.24, 2.45) is 5.16 Å². The smallest absolute Gasteiger partial charge is 0.200 e. The molecule has 1 rings (SSSR count). The van der Waals surface area contributed by atoms with Gasteiger partial charge >= 0.3 is 0 Å². The number of hydrogen-bond donors (Lipinski definition) is 0. The van der Waals surface area contributed by atoms with Crippen LogP contribution in [0.15, 0.2) is 5.16 Å². The van der Waals surface area contributed by atoms with Gasteiger partial charge in [-0.25, -0.2) is 22.0 Å². The Hall–Kier alpha value is -1.66. The second-order valence-corrected chi connectivity index (χ2v) is 4.81. The maximum atomic E-state index is 13.3. The van der Waals surface area contributed by atoms with E-state index in [1.54, 1.807) is 0 Å². The van der Waals surface area contributed by atoms with Crippen molar-refractivity contribution in [3.05, 3.63) is 34.6 Å². The fourth-order valence-corrected chi connectivity index (χ4v) is 1.82. The molecule has 0 unspecified atom stereocenters. The largest absolute Gasteiger partial charge is 0.391 e. The molecule has 7 heteroatoms. The lowest BCUT2D eigenvalue weighted by Gasteiger charge is -2.06. The molecule has 0 aliphatic carbocycles. The van der Waals surface area contributed by atoms with Gasteiger partial charge in [0.25, 0.3) is 0 Å². The molecule has 1 aromatic carbocycles. The normalized spacial score (nSPS) is 11.4. The number of benzene rings is 1. The van der Waals surface area contributed by atoms with E-state index in [2.05, 4.69) is 16.9 Å². The number of oxime groups is 1. The van der Waals surface area contributed by atoms with Crippen molar-refractivity contribution >= 4 is 6.21 Å². The molecule has 0 fully saturated rings. The lowest BCUT2D eigenvalue weighted by Crippen LogP contribution is -2.07. The van der Waals surface area contributed by atoms with Crippen molar-refractivity contribution in [2.45, 2.75) is 52.1 Å². The van der Waals surface area contributed by atoms with Gasteiger partial charge < -0.3 is 4.84 Å². The van der Waals surface area contributed by atoms with E-state index >= 15 is 0 Å². The van der Waals surface area contributed by atoms with Crippen molar-refractivity contribution in [1.82, 2.24) is 0 Å². The third-order valence-electron chi connectivity index (χ3n) is 3.10. The van der Waals surface area contributed by atoms with Crippen molar-refractivity contribution in [1.29, 1.82) is 0 Å². The molecule has 0 saturated carbocycles. The number of nitrogens with zero attached hydrogens (tertiary/aromatic N) is 1. The third kappa shape index (κ3) is 4.96. The Kier molecular flexibility index (Phi) is 7.84. The van der Waals surface area contributed by atoms with Crippen molar-refractivity contribution in [3.63, 3.8) is 0 Å². The molecule has 0 aromatic heterocycles. The Balaban J connectivity index is 2.46. The molecule has 0 aliphatic heterocycles. The molecule has 22 heavy (non-hydrogen) atoms. The minimum atomic E-state index is -2.19. The van der Waals surface area contributed by atoms with Gasteiger partial charge in [0.15, 0.2) is 23.3 Å². The van der Waals surface area contributed by atoms with Crippen molar-refractivity contribution in [2.75, 3.05) is 0 Å². The minimum Gasteiger partial charge on any atom is -0.391 e. The quantitative estimate of drug-likeness (QED) is 0.152. The molecule has 124 valence electrons. The molecule has 2 nitrogen and oxygen atoms in total.